The van der Waals surface area contributed by atoms with E-state index in [0.717, 1.165) is 45.8 Å². The van der Waals surface area contributed by atoms with Crippen LogP contribution >= 0.6 is 34.9 Å². The first-order chi connectivity index (χ1) is 12.7. The molecule has 1 N–H and O–H groups in total. The fourth-order valence-corrected chi connectivity index (χ4v) is 5.10. The number of quaternary nitrogens is 1. The summed E-state index contributed by atoms with van der Waals surface area (Å²) in [5, 5.41) is 8.01. The van der Waals surface area contributed by atoms with Crippen molar-refractivity contribution in [2.24, 2.45) is 0 Å². The molecule has 0 radical (unpaired) electrons. The Morgan fingerprint density at radius 3 is 2.77 bits per heavy atom. The molecule has 1 unspecified atom stereocenters. The highest BCUT2D eigenvalue weighted by molar-refractivity contribution is 7.71. The van der Waals surface area contributed by atoms with Gasteiger partial charge in [-0.25, -0.2) is 4.98 Å². The highest BCUT2D eigenvalue weighted by Gasteiger charge is 2.16. The highest BCUT2D eigenvalue weighted by Crippen LogP contribution is 2.23. The molecule has 26 heavy (non-hydrogen) atoms. The maximum atomic E-state index is 5.66. The van der Waals surface area contributed by atoms with Crippen LogP contribution < -0.4 is 4.90 Å². The number of hydrogen-bond donors (Lipinski definition) is 1. The zero-order chi connectivity index (χ0) is 18.1. The van der Waals surface area contributed by atoms with Gasteiger partial charge in [0.1, 0.15) is 11.6 Å². The third-order valence-electron chi connectivity index (χ3n) is 4.19. The van der Waals surface area contributed by atoms with Crippen LogP contribution in [-0.2, 0) is 19.8 Å². The van der Waals surface area contributed by atoms with Crippen molar-refractivity contribution in [2.75, 3.05) is 7.05 Å². The molecule has 5 nitrogen and oxygen atoms in total. The summed E-state index contributed by atoms with van der Waals surface area (Å²) in [5.41, 5.74) is 1.08. The van der Waals surface area contributed by atoms with E-state index in [0.29, 0.717) is 0 Å². The first kappa shape index (κ1) is 17.5. The van der Waals surface area contributed by atoms with Crippen LogP contribution in [0.2, 0.25) is 0 Å². The number of hydrogen-bond acceptors (Lipinski definition) is 5. The second-order valence-corrected chi connectivity index (χ2v) is 8.62. The fraction of sp³-hybridized carbons (Fsp3) is 0.278. The number of aromatic nitrogens is 4. The monoisotopic (exact) mass is 402 g/mol. The molecular formula is C18H20N5S3+. The van der Waals surface area contributed by atoms with Crippen molar-refractivity contribution in [3.8, 4) is 10.7 Å². The molecule has 0 aliphatic rings. The third-order valence-corrected chi connectivity index (χ3v) is 6.52. The van der Waals surface area contributed by atoms with Crippen molar-refractivity contribution in [3.63, 3.8) is 0 Å². The molecular weight excluding hydrogens is 382 g/mol. The summed E-state index contributed by atoms with van der Waals surface area (Å²) in [6, 6.07) is 12.4. The molecule has 4 rings (SSSR count). The quantitative estimate of drug-likeness (QED) is 0.502. The Bertz CT molecular complexity index is 1040. The molecule has 4 aromatic rings. The molecule has 0 saturated carbocycles. The van der Waals surface area contributed by atoms with Crippen LogP contribution in [0.4, 0.5) is 0 Å². The molecule has 0 aliphatic heterocycles. The SMILES string of the molecule is CCn1c(-c2cccs2)nn(C[NH+](C)Cc2nc3ccccc3s2)c1=S. The molecule has 0 bridgehead atoms. The van der Waals surface area contributed by atoms with Crippen LogP contribution in [0, 0.1) is 4.77 Å². The lowest BCUT2D eigenvalue weighted by atomic mass is 10.3. The van der Waals surface area contributed by atoms with Gasteiger partial charge in [-0.05, 0) is 42.7 Å². The van der Waals surface area contributed by atoms with E-state index in [1.807, 2.05) is 16.8 Å². The molecule has 8 heteroatoms. The predicted octanol–water partition coefficient (Wildman–Crippen LogP) is 3.44. The smallest absolute Gasteiger partial charge is 0.203 e. The van der Waals surface area contributed by atoms with Gasteiger partial charge in [-0.3, -0.25) is 4.57 Å². The summed E-state index contributed by atoms with van der Waals surface area (Å²) in [5.74, 6) is 0.959. The molecule has 3 heterocycles. The molecule has 134 valence electrons. The van der Waals surface area contributed by atoms with Gasteiger partial charge < -0.3 is 4.90 Å². The summed E-state index contributed by atoms with van der Waals surface area (Å²) in [6.45, 7) is 4.51. The Morgan fingerprint density at radius 2 is 2.04 bits per heavy atom. The number of benzene rings is 1. The van der Waals surface area contributed by atoms with Gasteiger partial charge in [0.25, 0.3) is 0 Å². The zero-order valence-electron chi connectivity index (χ0n) is 14.7. The Hall–Kier alpha value is -1.87. The van der Waals surface area contributed by atoms with Gasteiger partial charge in [0, 0.05) is 6.54 Å². The lowest BCUT2D eigenvalue weighted by molar-refractivity contribution is -0.917. The topological polar surface area (TPSA) is 40.1 Å². The lowest BCUT2D eigenvalue weighted by Crippen LogP contribution is -3.07. The largest absolute Gasteiger partial charge is 0.313 e. The number of nitrogens with one attached hydrogen (secondary N) is 1. The Labute approximate surface area is 165 Å². The number of para-hydroxylation sites is 1. The number of rotatable bonds is 6. The van der Waals surface area contributed by atoms with Crippen LogP contribution in [0.1, 0.15) is 11.9 Å². The van der Waals surface area contributed by atoms with E-state index in [4.69, 9.17) is 22.3 Å². The Morgan fingerprint density at radius 1 is 1.19 bits per heavy atom. The van der Waals surface area contributed by atoms with Crippen molar-refractivity contribution in [1.29, 1.82) is 0 Å². The summed E-state index contributed by atoms with van der Waals surface area (Å²) >= 11 is 9.12. The lowest BCUT2D eigenvalue weighted by Gasteiger charge is -2.11. The maximum absolute atomic E-state index is 5.66. The molecule has 3 aromatic heterocycles. The second kappa shape index (κ2) is 7.40. The van der Waals surface area contributed by atoms with Crippen LogP contribution in [0.3, 0.4) is 0 Å². The minimum atomic E-state index is 0.722. The summed E-state index contributed by atoms with van der Waals surface area (Å²) in [4.78, 5) is 7.19. The normalized spacial score (nSPS) is 12.7. The van der Waals surface area contributed by atoms with E-state index >= 15 is 0 Å². The van der Waals surface area contributed by atoms with Gasteiger partial charge in [0.05, 0.1) is 22.1 Å². The van der Waals surface area contributed by atoms with E-state index < -0.39 is 0 Å². The van der Waals surface area contributed by atoms with E-state index in [1.54, 1.807) is 22.7 Å². The number of thiophene rings is 1. The van der Waals surface area contributed by atoms with Crippen molar-refractivity contribution in [2.45, 2.75) is 26.7 Å². The van der Waals surface area contributed by atoms with Gasteiger partial charge in [-0.15, -0.1) is 27.8 Å². The van der Waals surface area contributed by atoms with Crippen molar-refractivity contribution in [3.05, 3.63) is 51.6 Å². The predicted molar refractivity (Wildman–Crippen MR) is 110 cm³/mol. The van der Waals surface area contributed by atoms with Gasteiger partial charge in [-0.1, -0.05) is 18.2 Å². The molecule has 1 atom stereocenters. The summed E-state index contributed by atoms with van der Waals surface area (Å²) in [6.07, 6.45) is 0. The van der Waals surface area contributed by atoms with Gasteiger partial charge in [0.15, 0.2) is 12.5 Å². The van der Waals surface area contributed by atoms with Crippen molar-refractivity contribution < 1.29 is 4.90 Å². The van der Waals surface area contributed by atoms with Crippen molar-refractivity contribution >= 4 is 45.1 Å². The highest BCUT2D eigenvalue weighted by atomic mass is 32.1. The average molecular weight is 403 g/mol. The number of nitrogens with zero attached hydrogens (tertiary/aromatic N) is 4. The summed E-state index contributed by atoms with van der Waals surface area (Å²) < 4.78 is 6.06. The summed E-state index contributed by atoms with van der Waals surface area (Å²) in [7, 11) is 2.16. The molecule has 0 amide bonds. The molecule has 0 aliphatic carbocycles. The molecule has 1 aromatic carbocycles. The van der Waals surface area contributed by atoms with Crippen LogP contribution in [-0.4, -0.2) is 26.4 Å². The van der Waals surface area contributed by atoms with Gasteiger partial charge >= 0.3 is 0 Å². The van der Waals surface area contributed by atoms with Crippen molar-refractivity contribution in [1.82, 2.24) is 19.3 Å². The third kappa shape index (κ3) is 3.37. The molecule has 0 spiro atoms. The average Bonchev–Trinajstić information content (AvgIpc) is 3.34. The van der Waals surface area contributed by atoms with E-state index in [-0.39, 0.29) is 0 Å². The minimum Gasteiger partial charge on any atom is -0.313 e. The Balaban J connectivity index is 1.55. The number of thiazole rings is 1. The van der Waals surface area contributed by atoms with E-state index in [9.17, 15) is 0 Å². The first-order valence-electron chi connectivity index (χ1n) is 8.53. The standard InChI is InChI=1S/C18H19N5S3/c1-3-22-17(15-9-6-10-25-15)20-23(18(22)24)12-21(2)11-16-19-13-7-4-5-8-14(13)26-16/h4-10H,3,11-12H2,1-2H3/p+1. The van der Waals surface area contributed by atoms with E-state index in [2.05, 4.69) is 48.2 Å². The van der Waals surface area contributed by atoms with Crippen LogP contribution in [0.25, 0.3) is 20.9 Å². The van der Waals surface area contributed by atoms with Gasteiger partial charge in [-0.2, -0.15) is 4.68 Å². The minimum absolute atomic E-state index is 0.722. The second-order valence-electron chi connectivity index (χ2n) is 6.19. The fourth-order valence-electron chi connectivity index (χ4n) is 2.98. The number of fused-ring (bicyclic) bond motifs is 1. The first-order valence-corrected chi connectivity index (χ1v) is 10.6. The Kier molecular flexibility index (Phi) is 4.99. The zero-order valence-corrected chi connectivity index (χ0v) is 17.1. The molecule has 0 saturated heterocycles. The maximum Gasteiger partial charge on any atom is 0.203 e. The van der Waals surface area contributed by atoms with Crippen LogP contribution in [0.15, 0.2) is 41.8 Å². The van der Waals surface area contributed by atoms with Gasteiger partial charge in [0.2, 0.25) is 4.77 Å². The van der Waals surface area contributed by atoms with E-state index in [1.165, 1.54) is 9.60 Å². The molecule has 0 fully saturated rings. The van der Waals surface area contributed by atoms with Crippen LogP contribution in [0.5, 0.6) is 0 Å².